The number of nitrogens with zero attached hydrogens (tertiary/aromatic N) is 3. The topological polar surface area (TPSA) is 50.7 Å². The number of halogens is 1. The van der Waals surface area contributed by atoms with Gasteiger partial charge in [-0.1, -0.05) is 0 Å². The molecule has 2 aromatic rings. The standard InChI is InChI=1S/C13H17BrN4/c1-7-8(2)17-11-10(16-7)9(14)6-15-12(11)18-13(3,4)5/h6H,1-5H3,(H,15,18). The largest absolute Gasteiger partial charge is 0.364 e. The van der Waals surface area contributed by atoms with Crippen molar-refractivity contribution in [2.75, 3.05) is 5.32 Å². The first-order valence-corrected chi connectivity index (χ1v) is 6.65. The highest BCUT2D eigenvalue weighted by atomic mass is 79.9. The number of hydrogen-bond donors (Lipinski definition) is 1. The van der Waals surface area contributed by atoms with Gasteiger partial charge in [-0.15, -0.1) is 0 Å². The Labute approximate surface area is 115 Å². The van der Waals surface area contributed by atoms with Crippen molar-refractivity contribution in [1.29, 1.82) is 0 Å². The lowest BCUT2D eigenvalue weighted by Gasteiger charge is -2.22. The van der Waals surface area contributed by atoms with Gasteiger partial charge in [0.05, 0.1) is 15.9 Å². The Balaban J connectivity index is 2.69. The third kappa shape index (κ3) is 2.61. The van der Waals surface area contributed by atoms with Crippen LogP contribution in [0.3, 0.4) is 0 Å². The quantitative estimate of drug-likeness (QED) is 0.874. The van der Waals surface area contributed by atoms with Gasteiger partial charge in [0.1, 0.15) is 11.0 Å². The number of hydrogen-bond acceptors (Lipinski definition) is 4. The van der Waals surface area contributed by atoms with Crippen LogP contribution in [0.5, 0.6) is 0 Å². The fourth-order valence-corrected chi connectivity index (χ4v) is 2.00. The molecule has 2 heterocycles. The van der Waals surface area contributed by atoms with Gasteiger partial charge in [-0.2, -0.15) is 0 Å². The minimum atomic E-state index is -0.0613. The summed E-state index contributed by atoms with van der Waals surface area (Å²) in [6, 6.07) is 0. The van der Waals surface area contributed by atoms with Crippen molar-refractivity contribution in [1.82, 2.24) is 15.0 Å². The predicted molar refractivity (Wildman–Crippen MR) is 77.9 cm³/mol. The zero-order chi connectivity index (χ0) is 13.5. The summed E-state index contributed by atoms with van der Waals surface area (Å²) in [5.74, 6) is 0.774. The van der Waals surface area contributed by atoms with E-state index < -0.39 is 0 Å². The Morgan fingerprint density at radius 1 is 1.06 bits per heavy atom. The van der Waals surface area contributed by atoms with Crippen LogP contribution in [0.4, 0.5) is 5.82 Å². The first-order valence-electron chi connectivity index (χ1n) is 5.85. The minimum absolute atomic E-state index is 0.0613. The number of anilines is 1. The Morgan fingerprint density at radius 3 is 2.17 bits per heavy atom. The highest BCUT2D eigenvalue weighted by Gasteiger charge is 2.16. The van der Waals surface area contributed by atoms with Gasteiger partial charge >= 0.3 is 0 Å². The summed E-state index contributed by atoms with van der Waals surface area (Å²) in [6.07, 6.45) is 1.76. The highest BCUT2D eigenvalue weighted by Crippen LogP contribution is 2.27. The lowest BCUT2D eigenvalue weighted by molar-refractivity contribution is 0.631. The zero-order valence-electron chi connectivity index (χ0n) is 11.3. The highest BCUT2D eigenvalue weighted by molar-refractivity contribution is 9.10. The monoisotopic (exact) mass is 308 g/mol. The van der Waals surface area contributed by atoms with Gasteiger partial charge < -0.3 is 5.32 Å². The SMILES string of the molecule is Cc1nc2c(Br)cnc(NC(C)(C)C)c2nc1C. The number of pyridine rings is 1. The van der Waals surface area contributed by atoms with Gasteiger partial charge in [0.2, 0.25) is 0 Å². The molecular weight excluding hydrogens is 292 g/mol. The summed E-state index contributed by atoms with van der Waals surface area (Å²) in [7, 11) is 0. The van der Waals surface area contributed by atoms with E-state index in [1.807, 2.05) is 13.8 Å². The molecule has 5 heteroatoms. The molecule has 0 radical (unpaired) electrons. The van der Waals surface area contributed by atoms with Crippen LogP contribution >= 0.6 is 15.9 Å². The van der Waals surface area contributed by atoms with Crippen LogP contribution in [-0.4, -0.2) is 20.5 Å². The third-order valence-corrected chi connectivity index (χ3v) is 3.14. The molecule has 0 atom stereocenters. The van der Waals surface area contributed by atoms with Crippen LogP contribution in [0.15, 0.2) is 10.7 Å². The molecule has 0 saturated heterocycles. The van der Waals surface area contributed by atoms with Gasteiger partial charge in [-0.3, -0.25) is 0 Å². The maximum atomic E-state index is 4.60. The Morgan fingerprint density at radius 2 is 1.61 bits per heavy atom. The van der Waals surface area contributed by atoms with Gasteiger partial charge in [-0.05, 0) is 50.5 Å². The molecular formula is C13H17BrN4. The number of aromatic nitrogens is 3. The molecule has 96 valence electrons. The molecule has 0 spiro atoms. The van der Waals surface area contributed by atoms with Gasteiger partial charge in [0.25, 0.3) is 0 Å². The molecule has 0 unspecified atom stereocenters. The average molecular weight is 309 g/mol. The normalized spacial score (nSPS) is 11.9. The van der Waals surface area contributed by atoms with Crippen molar-refractivity contribution in [3.05, 3.63) is 22.1 Å². The molecule has 0 aliphatic carbocycles. The Bertz CT molecular complexity index is 602. The van der Waals surface area contributed by atoms with Crippen LogP contribution in [-0.2, 0) is 0 Å². The fraction of sp³-hybridized carbons (Fsp3) is 0.462. The summed E-state index contributed by atoms with van der Waals surface area (Å²) in [5, 5.41) is 3.36. The molecule has 0 bridgehead atoms. The number of rotatable bonds is 1. The van der Waals surface area contributed by atoms with Crippen LogP contribution < -0.4 is 5.32 Å². The first kappa shape index (κ1) is 13.2. The van der Waals surface area contributed by atoms with E-state index in [1.54, 1.807) is 6.20 Å². The molecule has 4 nitrogen and oxygen atoms in total. The third-order valence-electron chi connectivity index (χ3n) is 2.56. The first-order chi connectivity index (χ1) is 8.28. The predicted octanol–water partition coefficient (Wildman–Crippen LogP) is 3.61. The fourth-order valence-electron chi connectivity index (χ4n) is 1.62. The Kier molecular flexibility index (Phi) is 3.27. The summed E-state index contributed by atoms with van der Waals surface area (Å²) >= 11 is 3.48. The molecule has 0 aliphatic rings. The molecule has 0 aliphatic heterocycles. The Hall–Kier alpha value is -1.23. The minimum Gasteiger partial charge on any atom is -0.364 e. The summed E-state index contributed by atoms with van der Waals surface area (Å²) < 4.78 is 0.868. The van der Waals surface area contributed by atoms with Gasteiger partial charge in [0, 0.05) is 11.7 Å². The summed E-state index contributed by atoms with van der Waals surface area (Å²) in [4.78, 5) is 13.6. The zero-order valence-corrected chi connectivity index (χ0v) is 12.9. The molecule has 2 rings (SSSR count). The second-order valence-corrected chi connectivity index (χ2v) is 6.28. The van der Waals surface area contributed by atoms with Crippen LogP contribution in [0.25, 0.3) is 11.0 Å². The van der Waals surface area contributed by atoms with Crippen molar-refractivity contribution in [2.45, 2.75) is 40.2 Å². The lowest BCUT2D eigenvalue weighted by atomic mass is 10.1. The van der Waals surface area contributed by atoms with Crippen molar-refractivity contribution < 1.29 is 0 Å². The molecule has 2 aromatic heterocycles. The van der Waals surface area contributed by atoms with Crippen molar-refractivity contribution in [2.24, 2.45) is 0 Å². The van der Waals surface area contributed by atoms with E-state index in [0.717, 1.165) is 32.7 Å². The lowest BCUT2D eigenvalue weighted by Crippen LogP contribution is -2.27. The van der Waals surface area contributed by atoms with E-state index in [2.05, 4.69) is 57.0 Å². The van der Waals surface area contributed by atoms with Crippen molar-refractivity contribution in [3.63, 3.8) is 0 Å². The van der Waals surface area contributed by atoms with Crippen LogP contribution in [0.2, 0.25) is 0 Å². The van der Waals surface area contributed by atoms with E-state index in [9.17, 15) is 0 Å². The van der Waals surface area contributed by atoms with E-state index >= 15 is 0 Å². The van der Waals surface area contributed by atoms with Crippen molar-refractivity contribution in [3.8, 4) is 0 Å². The van der Waals surface area contributed by atoms with Crippen molar-refractivity contribution >= 4 is 32.8 Å². The van der Waals surface area contributed by atoms with E-state index in [4.69, 9.17) is 0 Å². The van der Waals surface area contributed by atoms with E-state index in [0.29, 0.717) is 0 Å². The van der Waals surface area contributed by atoms with E-state index in [-0.39, 0.29) is 5.54 Å². The molecule has 18 heavy (non-hydrogen) atoms. The molecule has 0 amide bonds. The number of nitrogens with one attached hydrogen (secondary N) is 1. The van der Waals surface area contributed by atoms with Crippen LogP contribution in [0, 0.1) is 13.8 Å². The maximum Gasteiger partial charge on any atom is 0.154 e. The number of fused-ring (bicyclic) bond motifs is 1. The van der Waals surface area contributed by atoms with E-state index in [1.165, 1.54) is 0 Å². The van der Waals surface area contributed by atoms with Crippen LogP contribution in [0.1, 0.15) is 32.2 Å². The molecule has 0 aromatic carbocycles. The summed E-state index contributed by atoms with van der Waals surface area (Å²) in [5.41, 5.74) is 3.46. The molecule has 1 N–H and O–H groups in total. The second-order valence-electron chi connectivity index (χ2n) is 5.42. The average Bonchev–Trinajstić information content (AvgIpc) is 2.24. The summed E-state index contributed by atoms with van der Waals surface area (Å²) in [6.45, 7) is 10.2. The smallest absolute Gasteiger partial charge is 0.154 e. The molecule has 0 fully saturated rings. The maximum absolute atomic E-state index is 4.60. The number of aryl methyl sites for hydroxylation is 2. The van der Waals surface area contributed by atoms with Gasteiger partial charge in [0.15, 0.2) is 5.82 Å². The molecule has 0 saturated carbocycles. The second kappa shape index (κ2) is 4.46. The van der Waals surface area contributed by atoms with Gasteiger partial charge in [-0.25, -0.2) is 15.0 Å².